The van der Waals surface area contributed by atoms with E-state index in [1.165, 1.54) is 77.0 Å². The van der Waals surface area contributed by atoms with E-state index in [4.69, 9.17) is 15.3 Å². The van der Waals surface area contributed by atoms with Gasteiger partial charge >= 0.3 is 11.9 Å². The number of hydrogen-bond acceptors (Lipinski definition) is 3. The molecule has 0 aromatic heterocycles. The van der Waals surface area contributed by atoms with E-state index in [1.54, 1.807) is 30.3 Å². The van der Waals surface area contributed by atoms with E-state index in [0.29, 0.717) is 12.0 Å². The Kier molecular flexibility index (Phi) is 19.1. The molecule has 0 aliphatic heterocycles. The van der Waals surface area contributed by atoms with Gasteiger partial charge in [0.1, 0.15) is 0 Å². The largest absolute Gasteiger partial charge is 0.479 e. The Morgan fingerprint density at radius 1 is 0.700 bits per heavy atom. The zero-order chi connectivity index (χ0) is 22.5. The van der Waals surface area contributed by atoms with Gasteiger partial charge < -0.3 is 15.3 Å². The number of aliphatic hydroxyl groups is 1. The Morgan fingerprint density at radius 3 is 1.43 bits per heavy atom. The van der Waals surface area contributed by atoms with Crippen molar-refractivity contribution in [3.05, 3.63) is 35.9 Å². The number of benzene rings is 1. The summed E-state index contributed by atoms with van der Waals surface area (Å²) in [5, 5.41) is 26.0. The van der Waals surface area contributed by atoms with Crippen LogP contribution in [0.4, 0.5) is 0 Å². The molecule has 0 bridgehead atoms. The van der Waals surface area contributed by atoms with Crippen LogP contribution in [0.1, 0.15) is 114 Å². The van der Waals surface area contributed by atoms with Crippen molar-refractivity contribution in [1.29, 1.82) is 0 Å². The second kappa shape index (κ2) is 20.4. The van der Waals surface area contributed by atoms with Gasteiger partial charge in [0.2, 0.25) is 0 Å². The van der Waals surface area contributed by atoms with Crippen LogP contribution in [0.3, 0.4) is 0 Å². The first-order valence-corrected chi connectivity index (χ1v) is 11.7. The Balaban J connectivity index is 0.000000769. The Hall–Kier alpha value is -1.88. The molecule has 3 N–H and O–H groups in total. The van der Waals surface area contributed by atoms with Gasteiger partial charge in [-0.25, -0.2) is 9.59 Å². The predicted octanol–water partition coefficient (Wildman–Crippen LogP) is 6.69. The van der Waals surface area contributed by atoms with Gasteiger partial charge in [-0.2, -0.15) is 0 Å². The summed E-state index contributed by atoms with van der Waals surface area (Å²) in [5.74, 6) is -1.97. The molecule has 30 heavy (non-hydrogen) atoms. The SMILES string of the molecule is CCCCCCCCCCCCCCCCC(O)C(=O)O.O=C(O)c1ccccc1. The van der Waals surface area contributed by atoms with E-state index in [1.807, 2.05) is 0 Å². The first kappa shape index (κ1) is 28.1. The summed E-state index contributed by atoms with van der Waals surface area (Å²) in [6, 6.07) is 8.30. The van der Waals surface area contributed by atoms with Crippen LogP contribution in [0.25, 0.3) is 0 Å². The van der Waals surface area contributed by atoms with Gasteiger partial charge in [0, 0.05) is 0 Å². The molecule has 0 fully saturated rings. The highest BCUT2D eigenvalue weighted by atomic mass is 16.4. The molecule has 1 aromatic rings. The van der Waals surface area contributed by atoms with Crippen LogP contribution in [-0.4, -0.2) is 33.4 Å². The summed E-state index contributed by atoms with van der Waals surface area (Å²) in [4.78, 5) is 20.6. The second-order valence-electron chi connectivity index (χ2n) is 7.91. The van der Waals surface area contributed by atoms with E-state index in [0.717, 1.165) is 12.8 Å². The lowest BCUT2D eigenvalue weighted by molar-refractivity contribution is -0.146. The van der Waals surface area contributed by atoms with E-state index in [2.05, 4.69) is 6.92 Å². The minimum absolute atomic E-state index is 0.331. The molecule has 1 unspecified atom stereocenters. The van der Waals surface area contributed by atoms with Gasteiger partial charge in [0.15, 0.2) is 6.10 Å². The molecule has 5 heteroatoms. The lowest BCUT2D eigenvalue weighted by Crippen LogP contribution is -2.18. The summed E-state index contributed by atoms with van der Waals surface area (Å²) in [6.45, 7) is 2.26. The van der Waals surface area contributed by atoms with Gasteiger partial charge in [-0.3, -0.25) is 0 Å². The second-order valence-corrected chi connectivity index (χ2v) is 7.91. The summed E-state index contributed by atoms with van der Waals surface area (Å²) < 4.78 is 0. The van der Waals surface area contributed by atoms with Crippen molar-refractivity contribution in [2.45, 2.75) is 109 Å². The standard InChI is InChI=1S/C18H36O3.C7H6O2/c1-2-3-4-5-6-7-8-9-10-11-12-13-14-15-16-17(19)18(20)21;8-7(9)6-4-2-1-3-5-6/h17,19H,2-16H2,1H3,(H,20,21);1-5H,(H,8,9). The van der Waals surface area contributed by atoms with Crippen LogP contribution < -0.4 is 0 Å². The van der Waals surface area contributed by atoms with Crippen LogP contribution in [0, 0.1) is 0 Å². The maximum atomic E-state index is 10.4. The predicted molar refractivity (Wildman–Crippen MR) is 122 cm³/mol. The van der Waals surface area contributed by atoms with Gasteiger partial charge in [-0.1, -0.05) is 115 Å². The van der Waals surface area contributed by atoms with Crippen molar-refractivity contribution in [3.8, 4) is 0 Å². The van der Waals surface area contributed by atoms with Gasteiger partial charge in [0.25, 0.3) is 0 Å². The zero-order valence-electron chi connectivity index (χ0n) is 18.7. The van der Waals surface area contributed by atoms with Crippen molar-refractivity contribution < 1.29 is 24.9 Å². The minimum atomic E-state index is -1.16. The summed E-state index contributed by atoms with van der Waals surface area (Å²) in [6.07, 6.45) is 17.3. The monoisotopic (exact) mass is 422 g/mol. The molecule has 1 rings (SSSR count). The number of rotatable bonds is 17. The zero-order valence-corrected chi connectivity index (χ0v) is 18.7. The molecule has 0 aliphatic carbocycles. The number of aliphatic carboxylic acids is 1. The average molecular weight is 423 g/mol. The van der Waals surface area contributed by atoms with E-state index >= 15 is 0 Å². The quantitative estimate of drug-likeness (QED) is 0.243. The third kappa shape index (κ3) is 18.2. The van der Waals surface area contributed by atoms with Crippen molar-refractivity contribution >= 4 is 11.9 Å². The summed E-state index contributed by atoms with van der Waals surface area (Å²) >= 11 is 0. The molecule has 0 radical (unpaired) electrons. The molecule has 0 aliphatic rings. The molecular formula is C25H42O5. The molecule has 1 atom stereocenters. The average Bonchev–Trinajstić information content (AvgIpc) is 2.74. The topological polar surface area (TPSA) is 94.8 Å². The molecule has 0 spiro atoms. The fraction of sp³-hybridized carbons (Fsp3) is 0.680. The lowest BCUT2D eigenvalue weighted by Gasteiger charge is -2.05. The number of carbonyl (C=O) groups is 2. The maximum Gasteiger partial charge on any atom is 0.335 e. The van der Waals surface area contributed by atoms with Crippen LogP contribution in [0.2, 0.25) is 0 Å². The first-order chi connectivity index (χ1) is 14.5. The van der Waals surface area contributed by atoms with Gasteiger partial charge in [-0.05, 0) is 18.6 Å². The number of aromatic carboxylic acids is 1. The molecule has 0 heterocycles. The highest BCUT2D eigenvalue weighted by Crippen LogP contribution is 2.13. The van der Waals surface area contributed by atoms with E-state index in [9.17, 15) is 9.59 Å². The lowest BCUT2D eigenvalue weighted by atomic mass is 10.0. The molecular weight excluding hydrogens is 380 g/mol. The highest BCUT2D eigenvalue weighted by molar-refractivity contribution is 5.87. The van der Waals surface area contributed by atoms with Crippen LogP contribution >= 0.6 is 0 Å². The van der Waals surface area contributed by atoms with Crippen molar-refractivity contribution in [3.63, 3.8) is 0 Å². The van der Waals surface area contributed by atoms with Crippen LogP contribution in [-0.2, 0) is 4.79 Å². The Bertz CT molecular complexity index is 530. The Morgan fingerprint density at radius 2 is 1.10 bits per heavy atom. The molecule has 0 amide bonds. The Labute approximate surface area is 182 Å². The highest BCUT2D eigenvalue weighted by Gasteiger charge is 2.11. The fourth-order valence-corrected chi connectivity index (χ4v) is 3.24. The molecule has 0 saturated heterocycles. The number of carboxylic acids is 2. The third-order valence-corrected chi connectivity index (χ3v) is 5.14. The van der Waals surface area contributed by atoms with E-state index < -0.39 is 18.0 Å². The van der Waals surface area contributed by atoms with Crippen LogP contribution in [0.15, 0.2) is 30.3 Å². The van der Waals surface area contributed by atoms with Crippen molar-refractivity contribution in [2.24, 2.45) is 0 Å². The number of aliphatic hydroxyl groups excluding tert-OH is 1. The molecule has 1 aromatic carbocycles. The summed E-state index contributed by atoms with van der Waals surface area (Å²) in [5.41, 5.74) is 0.331. The fourth-order valence-electron chi connectivity index (χ4n) is 3.24. The molecule has 0 saturated carbocycles. The summed E-state index contributed by atoms with van der Waals surface area (Å²) in [7, 11) is 0. The molecule has 172 valence electrons. The molecule has 5 nitrogen and oxygen atoms in total. The van der Waals surface area contributed by atoms with Gasteiger partial charge in [0.05, 0.1) is 5.56 Å². The number of hydrogen-bond donors (Lipinski definition) is 3. The van der Waals surface area contributed by atoms with E-state index in [-0.39, 0.29) is 0 Å². The normalized spacial score (nSPS) is 11.4. The van der Waals surface area contributed by atoms with Crippen molar-refractivity contribution in [1.82, 2.24) is 0 Å². The first-order valence-electron chi connectivity index (χ1n) is 11.7. The third-order valence-electron chi connectivity index (χ3n) is 5.14. The smallest absolute Gasteiger partial charge is 0.335 e. The number of carboxylic acid groups (broad SMARTS) is 2. The van der Waals surface area contributed by atoms with Gasteiger partial charge in [-0.15, -0.1) is 0 Å². The maximum absolute atomic E-state index is 10.4. The van der Waals surface area contributed by atoms with Crippen LogP contribution in [0.5, 0.6) is 0 Å². The van der Waals surface area contributed by atoms with Crippen molar-refractivity contribution in [2.75, 3.05) is 0 Å². The minimum Gasteiger partial charge on any atom is -0.479 e. The number of unbranched alkanes of at least 4 members (excludes halogenated alkanes) is 13.